The molecule has 9 heteroatoms. The van der Waals surface area contributed by atoms with E-state index in [1.807, 2.05) is 42.9 Å². The molecular formula is C20H25N5O3S. The number of nitrogens with zero attached hydrogens (tertiary/aromatic N) is 3. The van der Waals surface area contributed by atoms with Crippen LogP contribution in [-0.4, -0.2) is 60.8 Å². The third-order valence-electron chi connectivity index (χ3n) is 4.86. The Morgan fingerprint density at radius 1 is 1.38 bits per heavy atom. The molecule has 0 radical (unpaired) electrons. The average molecular weight is 416 g/mol. The second kappa shape index (κ2) is 9.36. The maximum Gasteiger partial charge on any atom is 0.188 e. The van der Waals surface area contributed by atoms with Crippen LogP contribution in [0.15, 0.2) is 42.9 Å². The minimum atomic E-state index is -0.884. The van der Waals surface area contributed by atoms with Crippen LogP contribution in [0.25, 0.3) is 5.57 Å². The zero-order valence-electron chi connectivity index (χ0n) is 16.2. The number of hydrogen-bond acceptors (Lipinski definition) is 9. The quantitative estimate of drug-likeness (QED) is 0.489. The van der Waals surface area contributed by atoms with Crippen LogP contribution in [0.2, 0.25) is 0 Å². The van der Waals surface area contributed by atoms with E-state index in [-0.39, 0.29) is 6.04 Å². The number of allylic oxidation sites excluding steroid dienone is 2. The minimum Gasteiger partial charge on any atom is -0.380 e. The van der Waals surface area contributed by atoms with Gasteiger partial charge in [-0.2, -0.15) is 0 Å². The zero-order chi connectivity index (χ0) is 20.1. The van der Waals surface area contributed by atoms with Gasteiger partial charge in [0.2, 0.25) is 0 Å². The molecule has 0 bridgehead atoms. The first kappa shape index (κ1) is 19.8. The van der Waals surface area contributed by atoms with Crippen LogP contribution in [-0.2, 0) is 9.47 Å². The van der Waals surface area contributed by atoms with Gasteiger partial charge in [-0.3, -0.25) is 0 Å². The number of methoxy groups -OCH3 is 1. The highest BCUT2D eigenvalue weighted by Crippen LogP contribution is 2.30. The monoisotopic (exact) mass is 415 g/mol. The van der Waals surface area contributed by atoms with Crippen molar-refractivity contribution in [2.24, 2.45) is 0 Å². The van der Waals surface area contributed by atoms with Crippen molar-refractivity contribution < 1.29 is 14.6 Å². The first-order chi connectivity index (χ1) is 14.2. The molecule has 2 unspecified atom stereocenters. The highest BCUT2D eigenvalue weighted by atomic mass is 32.1. The number of thiazole rings is 1. The van der Waals surface area contributed by atoms with Gasteiger partial charge in [-0.1, -0.05) is 23.5 Å². The molecule has 8 nitrogen and oxygen atoms in total. The van der Waals surface area contributed by atoms with Crippen LogP contribution in [0.5, 0.6) is 0 Å². The van der Waals surface area contributed by atoms with Crippen LogP contribution in [0, 0.1) is 0 Å². The van der Waals surface area contributed by atoms with E-state index in [2.05, 4.69) is 25.5 Å². The molecule has 4 heterocycles. The second-order valence-electron chi connectivity index (χ2n) is 6.77. The van der Waals surface area contributed by atoms with E-state index < -0.39 is 6.29 Å². The zero-order valence-corrected chi connectivity index (χ0v) is 17.1. The minimum absolute atomic E-state index is 0.268. The molecule has 4 rings (SSSR count). The highest BCUT2D eigenvalue weighted by molar-refractivity contribution is 7.16. The van der Waals surface area contributed by atoms with Crippen LogP contribution < -0.4 is 15.5 Å². The van der Waals surface area contributed by atoms with E-state index >= 15 is 0 Å². The van der Waals surface area contributed by atoms with Crippen LogP contribution in [0.4, 0.5) is 16.6 Å². The third kappa shape index (κ3) is 4.94. The number of anilines is 3. The van der Waals surface area contributed by atoms with E-state index in [4.69, 9.17) is 9.47 Å². The lowest BCUT2D eigenvalue weighted by molar-refractivity contribution is -0.0847. The Labute approximate surface area is 173 Å². The number of aliphatic hydroxyl groups excluding tert-OH is 1. The predicted molar refractivity (Wildman–Crippen MR) is 114 cm³/mol. The molecule has 0 saturated carbocycles. The largest absolute Gasteiger partial charge is 0.380 e. The lowest BCUT2D eigenvalue weighted by atomic mass is 10.2. The topological polar surface area (TPSA) is 91.8 Å². The van der Waals surface area contributed by atoms with Gasteiger partial charge < -0.3 is 30.1 Å². The molecule has 3 N–H and O–H groups in total. The Morgan fingerprint density at radius 3 is 3.07 bits per heavy atom. The second-order valence-corrected chi connectivity index (χ2v) is 7.80. The SMILES string of the molecule is COC(O)C1C=CCC(c2cnc(Nc3cc(N4CCOCC4)ccn3)s2)=CN1. The van der Waals surface area contributed by atoms with E-state index in [1.54, 1.807) is 11.3 Å². The number of nitrogens with one attached hydrogen (secondary N) is 2. The fourth-order valence-electron chi connectivity index (χ4n) is 3.24. The number of rotatable bonds is 6. The Bertz CT molecular complexity index is 879. The van der Waals surface area contributed by atoms with E-state index in [0.29, 0.717) is 0 Å². The molecule has 0 amide bonds. The molecule has 1 fully saturated rings. The number of hydrogen-bond donors (Lipinski definition) is 3. The van der Waals surface area contributed by atoms with Gasteiger partial charge in [0.05, 0.1) is 24.1 Å². The van der Waals surface area contributed by atoms with Gasteiger partial charge in [0, 0.05) is 50.5 Å². The summed E-state index contributed by atoms with van der Waals surface area (Å²) in [7, 11) is 1.49. The highest BCUT2D eigenvalue weighted by Gasteiger charge is 2.17. The lowest BCUT2D eigenvalue weighted by Gasteiger charge is -2.28. The number of pyridine rings is 1. The van der Waals surface area contributed by atoms with Gasteiger partial charge in [-0.15, -0.1) is 0 Å². The summed E-state index contributed by atoms with van der Waals surface area (Å²) < 4.78 is 10.4. The molecule has 2 aromatic heterocycles. The third-order valence-corrected chi connectivity index (χ3v) is 5.85. The van der Waals surface area contributed by atoms with Crippen LogP contribution >= 0.6 is 11.3 Å². The summed E-state index contributed by atoms with van der Waals surface area (Å²) in [5.41, 5.74) is 2.23. The van der Waals surface area contributed by atoms with Crippen LogP contribution in [0.3, 0.4) is 0 Å². The predicted octanol–water partition coefficient (Wildman–Crippen LogP) is 2.34. The molecule has 2 aliphatic rings. The molecule has 0 spiro atoms. The lowest BCUT2D eigenvalue weighted by Crippen LogP contribution is -2.36. The fraction of sp³-hybridized carbons (Fsp3) is 0.400. The number of morpholine rings is 1. The molecule has 0 aliphatic carbocycles. The van der Waals surface area contributed by atoms with Crippen molar-refractivity contribution in [1.82, 2.24) is 15.3 Å². The molecule has 1 saturated heterocycles. The smallest absolute Gasteiger partial charge is 0.188 e. The van der Waals surface area contributed by atoms with Gasteiger partial charge >= 0.3 is 0 Å². The summed E-state index contributed by atoms with van der Waals surface area (Å²) in [5, 5.41) is 17.1. The number of aromatic nitrogens is 2. The van der Waals surface area contributed by atoms with Crippen molar-refractivity contribution in [2.45, 2.75) is 18.8 Å². The summed E-state index contributed by atoms with van der Waals surface area (Å²) in [6.07, 6.45) is 9.40. The molecule has 2 aromatic rings. The summed E-state index contributed by atoms with van der Waals surface area (Å²) in [6, 6.07) is 3.79. The molecule has 0 aromatic carbocycles. The Hall–Kier alpha value is -2.46. The van der Waals surface area contributed by atoms with Gasteiger partial charge in [0.1, 0.15) is 5.82 Å². The van der Waals surface area contributed by atoms with Gasteiger partial charge in [0.15, 0.2) is 11.4 Å². The van der Waals surface area contributed by atoms with Crippen molar-refractivity contribution in [3.05, 3.63) is 47.8 Å². The number of ether oxygens (including phenoxy) is 2. The standard InChI is InChI=1S/C20H25N5O3S/c1-27-19(26)16-4-2-3-14(12-22-16)17-13-23-20(29-17)24-18-11-15(5-6-21-18)25-7-9-28-10-8-25/h2,4-6,11-13,16,19,22,26H,3,7-10H2,1H3,(H,21,23,24). The Morgan fingerprint density at radius 2 is 2.24 bits per heavy atom. The van der Waals surface area contributed by atoms with Gasteiger partial charge in [-0.25, -0.2) is 9.97 Å². The van der Waals surface area contributed by atoms with Crippen molar-refractivity contribution in [3.63, 3.8) is 0 Å². The summed E-state index contributed by atoms with van der Waals surface area (Å²) in [6.45, 7) is 3.28. The van der Waals surface area contributed by atoms with Crippen molar-refractivity contribution in [1.29, 1.82) is 0 Å². The number of aliphatic hydroxyl groups is 1. The van der Waals surface area contributed by atoms with Crippen molar-refractivity contribution in [3.8, 4) is 0 Å². The summed E-state index contributed by atoms with van der Waals surface area (Å²) in [5.74, 6) is 0.769. The first-order valence-electron chi connectivity index (χ1n) is 9.57. The summed E-state index contributed by atoms with van der Waals surface area (Å²) in [4.78, 5) is 12.3. The molecule has 154 valence electrons. The van der Waals surface area contributed by atoms with Crippen molar-refractivity contribution >= 4 is 33.5 Å². The Kier molecular flexibility index (Phi) is 6.40. The van der Waals surface area contributed by atoms with Gasteiger partial charge in [-0.05, 0) is 18.1 Å². The van der Waals surface area contributed by atoms with Crippen LogP contribution in [0.1, 0.15) is 11.3 Å². The molecule has 29 heavy (non-hydrogen) atoms. The Balaban J connectivity index is 1.43. The normalized spacial score (nSPS) is 20.6. The molecular weight excluding hydrogens is 390 g/mol. The first-order valence-corrected chi connectivity index (χ1v) is 10.4. The molecule has 2 aliphatic heterocycles. The maximum absolute atomic E-state index is 9.85. The maximum atomic E-state index is 9.85. The summed E-state index contributed by atoms with van der Waals surface area (Å²) >= 11 is 1.57. The van der Waals surface area contributed by atoms with Gasteiger partial charge in [0.25, 0.3) is 0 Å². The van der Waals surface area contributed by atoms with E-state index in [0.717, 1.165) is 59.8 Å². The fourth-order valence-corrected chi connectivity index (χ4v) is 4.09. The van der Waals surface area contributed by atoms with Crippen molar-refractivity contribution in [2.75, 3.05) is 43.6 Å². The van der Waals surface area contributed by atoms with E-state index in [1.165, 1.54) is 7.11 Å². The molecule has 2 atom stereocenters. The van der Waals surface area contributed by atoms with E-state index in [9.17, 15) is 5.11 Å². The average Bonchev–Trinajstić information content (AvgIpc) is 3.08.